The van der Waals surface area contributed by atoms with E-state index >= 15 is 0 Å². The van der Waals surface area contributed by atoms with Gasteiger partial charge in [0.2, 0.25) is 0 Å². The van der Waals surface area contributed by atoms with Crippen LogP contribution >= 0.6 is 0 Å². The number of rotatable bonds is 7. The Morgan fingerprint density at radius 1 is 1.16 bits per heavy atom. The Bertz CT molecular complexity index is 436. The molecule has 0 aromatic heterocycles. The first-order valence-electron chi connectivity index (χ1n) is 6.24. The standard InChI is InChI=1S/C13H18O6/c14-7-10(16)12(18)13(19)11(17)9(15)6-8-4-2-1-3-5-8/h1-5,10-14,16-19H,6-7H2/t10-,11-,12-,13-/m1/s1/i12D. The third kappa shape index (κ3) is 4.38. The molecular formula is C13H18O6. The van der Waals surface area contributed by atoms with Crippen LogP contribution in [0.3, 0.4) is 0 Å². The average Bonchev–Trinajstić information content (AvgIpc) is 2.45. The second-order valence-electron chi connectivity index (χ2n) is 4.14. The predicted molar refractivity (Wildman–Crippen MR) is 66.3 cm³/mol. The number of aliphatic hydroxyl groups is 5. The van der Waals surface area contributed by atoms with Crippen LogP contribution in [0.25, 0.3) is 0 Å². The summed E-state index contributed by atoms with van der Waals surface area (Å²) in [6, 6.07) is 8.43. The molecule has 0 unspecified atom stereocenters. The van der Waals surface area contributed by atoms with Crippen LogP contribution in [0.5, 0.6) is 0 Å². The summed E-state index contributed by atoms with van der Waals surface area (Å²) < 4.78 is 7.32. The fraction of sp³-hybridized carbons (Fsp3) is 0.462. The molecule has 19 heavy (non-hydrogen) atoms. The lowest BCUT2D eigenvalue weighted by atomic mass is 9.97. The molecule has 106 valence electrons. The quantitative estimate of drug-likeness (QED) is 0.401. The first-order valence-corrected chi connectivity index (χ1v) is 5.74. The molecule has 0 aliphatic heterocycles. The predicted octanol–water partition coefficient (Wildman–Crippen LogP) is -1.77. The highest BCUT2D eigenvalue weighted by atomic mass is 16.4. The zero-order valence-corrected chi connectivity index (χ0v) is 10.2. The van der Waals surface area contributed by atoms with E-state index in [-0.39, 0.29) is 6.42 Å². The normalized spacial score (nSPS) is 19.9. The highest BCUT2D eigenvalue weighted by Gasteiger charge is 2.33. The van der Waals surface area contributed by atoms with E-state index in [4.69, 9.17) is 6.48 Å². The summed E-state index contributed by atoms with van der Waals surface area (Å²) >= 11 is 0. The second kappa shape index (κ2) is 7.32. The maximum atomic E-state index is 11.8. The van der Waals surface area contributed by atoms with Crippen molar-refractivity contribution in [3.8, 4) is 0 Å². The van der Waals surface area contributed by atoms with Crippen LogP contribution in [0.2, 0.25) is 0 Å². The van der Waals surface area contributed by atoms with Gasteiger partial charge in [-0.05, 0) is 5.56 Å². The minimum absolute atomic E-state index is 0.190. The molecule has 1 aromatic carbocycles. The maximum absolute atomic E-state index is 11.8. The summed E-state index contributed by atoms with van der Waals surface area (Å²) in [4.78, 5) is 11.8. The van der Waals surface area contributed by atoms with E-state index in [0.29, 0.717) is 5.56 Å². The van der Waals surface area contributed by atoms with E-state index < -0.39 is 36.8 Å². The van der Waals surface area contributed by atoms with Crippen molar-refractivity contribution >= 4 is 5.78 Å². The lowest BCUT2D eigenvalue weighted by molar-refractivity contribution is -0.146. The lowest BCUT2D eigenvalue weighted by Crippen LogP contribution is -2.49. The van der Waals surface area contributed by atoms with Crippen molar-refractivity contribution in [2.24, 2.45) is 0 Å². The van der Waals surface area contributed by atoms with Crippen molar-refractivity contribution in [3.63, 3.8) is 0 Å². The molecular weight excluding hydrogens is 252 g/mol. The Kier molecular flexibility index (Phi) is 5.44. The molecule has 0 aliphatic rings. The molecule has 0 amide bonds. The number of hydrogen-bond donors (Lipinski definition) is 5. The van der Waals surface area contributed by atoms with Gasteiger partial charge in [0.05, 0.1) is 7.98 Å². The van der Waals surface area contributed by atoms with Crippen molar-refractivity contribution in [1.82, 2.24) is 0 Å². The third-order valence-corrected chi connectivity index (χ3v) is 2.67. The van der Waals surface area contributed by atoms with Gasteiger partial charge in [0.15, 0.2) is 5.78 Å². The number of carbonyl (C=O) groups is 1. The summed E-state index contributed by atoms with van der Waals surface area (Å²) in [5.74, 6) is -0.806. The van der Waals surface area contributed by atoms with E-state index in [2.05, 4.69) is 0 Å². The van der Waals surface area contributed by atoms with Crippen LogP contribution in [0.15, 0.2) is 30.3 Å². The van der Waals surface area contributed by atoms with Gasteiger partial charge in [-0.25, -0.2) is 0 Å². The number of benzene rings is 1. The third-order valence-electron chi connectivity index (χ3n) is 2.67. The van der Waals surface area contributed by atoms with Crippen LogP contribution in [0.1, 0.15) is 6.93 Å². The van der Waals surface area contributed by atoms with E-state index in [1.54, 1.807) is 30.3 Å². The molecule has 0 fully saturated rings. The molecule has 0 aliphatic carbocycles. The van der Waals surface area contributed by atoms with E-state index in [9.17, 15) is 25.2 Å². The maximum Gasteiger partial charge on any atom is 0.168 e. The van der Waals surface area contributed by atoms with Gasteiger partial charge in [-0.1, -0.05) is 30.3 Å². The van der Waals surface area contributed by atoms with E-state index in [1.807, 2.05) is 0 Å². The van der Waals surface area contributed by atoms with Crippen molar-refractivity contribution in [2.75, 3.05) is 6.61 Å². The number of Topliss-reactive ketones (excluding diaryl/α,β-unsaturated/α-hetero) is 1. The van der Waals surface area contributed by atoms with Crippen molar-refractivity contribution in [1.29, 1.82) is 0 Å². The topological polar surface area (TPSA) is 118 Å². The molecule has 0 radical (unpaired) electrons. The number of carbonyl (C=O) groups excluding carboxylic acids is 1. The van der Waals surface area contributed by atoms with Crippen LogP contribution in [0, 0.1) is 0 Å². The smallest absolute Gasteiger partial charge is 0.168 e. The molecule has 5 N–H and O–H groups in total. The monoisotopic (exact) mass is 271 g/mol. The molecule has 6 heteroatoms. The molecule has 0 saturated heterocycles. The van der Waals surface area contributed by atoms with Gasteiger partial charge in [-0.3, -0.25) is 4.79 Å². The summed E-state index contributed by atoms with van der Waals surface area (Å²) in [5.41, 5.74) is 0.597. The highest BCUT2D eigenvalue weighted by molar-refractivity contribution is 5.85. The molecule has 4 atom stereocenters. The summed E-state index contributed by atoms with van der Waals surface area (Å²) in [6.45, 7) is -0.989. The molecule has 6 nitrogen and oxygen atoms in total. The molecule has 1 rings (SSSR count). The molecule has 1 aromatic rings. The minimum atomic E-state index is -2.94. The molecule has 0 spiro atoms. The van der Waals surface area contributed by atoms with Gasteiger partial charge in [-0.2, -0.15) is 0 Å². The van der Waals surface area contributed by atoms with E-state index in [0.717, 1.165) is 0 Å². The summed E-state index contributed by atoms with van der Waals surface area (Å²) in [6.07, 6.45) is -9.42. The van der Waals surface area contributed by atoms with Crippen molar-refractivity contribution < 1.29 is 31.7 Å². The largest absolute Gasteiger partial charge is 0.394 e. The highest BCUT2D eigenvalue weighted by Crippen LogP contribution is 2.09. The fourth-order valence-corrected chi connectivity index (χ4v) is 1.53. The van der Waals surface area contributed by atoms with Crippen molar-refractivity contribution in [2.45, 2.75) is 30.8 Å². The number of aliphatic hydroxyl groups excluding tert-OH is 4. The number of ketones is 1. The van der Waals surface area contributed by atoms with Gasteiger partial charge in [0, 0.05) is 6.42 Å². The van der Waals surface area contributed by atoms with Crippen LogP contribution in [0.4, 0.5) is 0 Å². The first-order chi connectivity index (χ1) is 9.30. The Morgan fingerprint density at radius 2 is 1.74 bits per heavy atom. The Hall–Kier alpha value is -1.31. The summed E-state index contributed by atoms with van der Waals surface area (Å²) in [5, 5.41) is 46.7. The van der Waals surface area contributed by atoms with Crippen molar-refractivity contribution in [3.05, 3.63) is 35.9 Å². The van der Waals surface area contributed by atoms with Gasteiger partial charge < -0.3 is 25.5 Å². The van der Waals surface area contributed by atoms with Crippen LogP contribution < -0.4 is 0 Å². The minimum Gasteiger partial charge on any atom is -0.394 e. The first kappa shape index (κ1) is 14.1. The zero-order chi connectivity index (χ0) is 15.3. The fourth-order valence-electron chi connectivity index (χ4n) is 1.53. The molecule has 0 saturated carbocycles. The van der Waals surface area contributed by atoms with Crippen LogP contribution in [-0.2, 0) is 11.2 Å². The Morgan fingerprint density at radius 3 is 2.26 bits per heavy atom. The zero-order valence-electron chi connectivity index (χ0n) is 11.2. The molecule has 0 bridgehead atoms. The SMILES string of the molecule is [2H][C@@](O)([C@H](O)CO)[C@H](O)[C@H](O)C(=O)Cc1ccccc1. The van der Waals surface area contributed by atoms with Crippen LogP contribution in [-0.4, -0.2) is 62.3 Å². The molecule has 0 heterocycles. The Labute approximate surface area is 112 Å². The van der Waals surface area contributed by atoms with Gasteiger partial charge in [-0.15, -0.1) is 0 Å². The van der Waals surface area contributed by atoms with Gasteiger partial charge in [0.1, 0.15) is 24.4 Å². The second-order valence-corrected chi connectivity index (χ2v) is 4.14. The number of hydrogen-bond acceptors (Lipinski definition) is 6. The average molecular weight is 271 g/mol. The van der Waals surface area contributed by atoms with Gasteiger partial charge in [0.25, 0.3) is 0 Å². The van der Waals surface area contributed by atoms with E-state index in [1.165, 1.54) is 0 Å². The Balaban J connectivity index is 2.73. The van der Waals surface area contributed by atoms with Gasteiger partial charge >= 0.3 is 0 Å². The lowest BCUT2D eigenvalue weighted by Gasteiger charge is -2.24. The summed E-state index contributed by atoms with van der Waals surface area (Å²) in [7, 11) is 0.